The first-order chi connectivity index (χ1) is 8.61. The topological polar surface area (TPSA) is 85.0 Å². The fraction of sp³-hybridized carbons (Fsp3) is 0.333. The SMILES string of the molecule is Cc1nc2cc(CCNC(=O)NN)ccc2n1C. The van der Waals surface area contributed by atoms with Gasteiger partial charge >= 0.3 is 6.03 Å². The van der Waals surface area contributed by atoms with Gasteiger partial charge in [-0.3, -0.25) is 5.43 Å². The summed E-state index contributed by atoms with van der Waals surface area (Å²) in [6, 6.07) is 5.77. The van der Waals surface area contributed by atoms with Gasteiger partial charge in [-0.25, -0.2) is 15.6 Å². The summed E-state index contributed by atoms with van der Waals surface area (Å²) in [5.41, 5.74) is 5.26. The fourth-order valence-corrected chi connectivity index (χ4v) is 1.89. The maximum atomic E-state index is 10.9. The lowest BCUT2D eigenvalue weighted by molar-refractivity contribution is 0.241. The Morgan fingerprint density at radius 2 is 2.28 bits per heavy atom. The first-order valence-corrected chi connectivity index (χ1v) is 5.78. The maximum Gasteiger partial charge on any atom is 0.328 e. The number of nitrogens with two attached hydrogens (primary N) is 1. The molecule has 0 fully saturated rings. The van der Waals surface area contributed by atoms with Gasteiger partial charge < -0.3 is 9.88 Å². The standard InChI is InChI=1S/C12H17N5O/c1-8-15-10-7-9(3-4-11(10)17(8)2)5-6-14-12(18)16-13/h3-4,7H,5-6,13H2,1-2H3,(H2,14,16,18). The first kappa shape index (κ1) is 12.4. The molecule has 0 unspecified atom stereocenters. The molecular weight excluding hydrogens is 230 g/mol. The molecule has 1 aromatic heterocycles. The lowest BCUT2D eigenvalue weighted by atomic mass is 10.1. The van der Waals surface area contributed by atoms with Crippen LogP contribution in [0.4, 0.5) is 4.79 Å². The van der Waals surface area contributed by atoms with Crippen LogP contribution in [0.25, 0.3) is 11.0 Å². The minimum absolute atomic E-state index is 0.371. The summed E-state index contributed by atoms with van der Waals surface area (Å²) in [7, 11) is 2.00. The van der Waals surface area contributed by atoms with Crippen molar-refractivity contribution < 1.29 is 4.79 Å². The molecule has 0 atom stereocenters. The van der Waals surface area contributed by atoms with E-state index >= 15 is 0 Å². The monoisotopic (exact) mass is 247 g/mol. The highest BCUT2D eigenvalue weighted by molar-refractivity contribution is 5.77. The van der Waals surface area contributed by atoms with Gasteiger partial charge in [-0.15, -0.1) is 0 Å². The molecule has 2 rings (SSSR count). The van der Waals surface area contributed by atoms with Crippen molar-refractivity contribution in [1.29, 1.82) is 0 Å². The van der Waals surface area contributed by atoms with Gasteiger partial charge in [0.2, 0.25) is 0 Å². The van der Waals surface area contributed by atoms with E-state index in [-0.39, 0.29) is 6.03 Å². The molecule has 6 heteroatoms. The van der Waals surface area contributed by atoms with Crippen molar-refractivity contribution in [3.8, 4) is 0 Å². The van der Waals surface area contributed by atoms with Crippen LogP contribution >= 0.6 is 0 Å². The summed E-state index contributed by atoms with van der Waals surface area (Å²) in [6.45, 7) is 2.52. The largest absolute Gasteiger partial charge is 0.337 e. The molecule has 0 bridgehead atoms. The molecule has 0 spiro atoms. The van der Waals surface area contributed by atoms with Crippen molar-refractivity contribution in [2.75, 3.05) is 6.54 Å². The number of fused-ring (bicyclic) bond motifs is 1. The fourth-order valence-electron chi connectivity index (χ4n) is 1.89. The number of nitrogens with one attached hydrogen (secondary N) is 2. The predicted octanol–water partition coefficient (Wildman–Crippen LogP) is 0.597. The first-order valence-electron chi connectivity index (χ1n) is 5.78. The molecule has 6 nitrogen and oxygen atoms in total. The van der Waals surface area contributed by atoms with E-state index in [0.717, 1.165) is 28.8 Å². The number of hydrogen-bond donors (Lipinski definition) is 3. The molecule has 0 aliphatic carbocycles. The van der Waals surface area contributed by atoms with Crippen molar-refractivity contribution >= 4 is 17.1 Å². The zero-order chi connectivity index (χ0) is 13.1. The number of amides is 2. The molecule has 0 aliphatic rings. The number of hydrazine groups is 1. The number of urea groups is 1. The zero-order valence-corrected chi connectivity index (χ0v) is 10.5. The number of aryl methyl sites for hydroxylation is 2. The number of nitrogens with zero attached hydrogens (tertiary/aromatic N) is 2. The normalized spacial score (nSPS) is 10.6. The van der Waals surface area contributed by atoms with Gasteiger partial charge in [0.05, 0.1) is 11.0 Å². The van der Waals surface area contributed by atoms with Crippen molar-refractivity contribution in [1.82, 2.24) is 20.3 Å². The Kier molecular flexibility index (Phi) is 3.47. The van der Waals surface area contributed by atoms with Crippen molar-refractivity contribution in [2.45, 2.75) is 13.3 Å². The Hall–Kier alpha value is -2.08. The highest BCUT2D eigenvalue weighted by atomic mass is 16.2. The highest BCUT2D eigenvalue weighted by Gasteiger charge is 2.05. The lowest BCUT2D eigenvalue weighted by Crippen LogP contribution is -2.40. The second-order valence-corrected chi connectivity index (χ2v) is 4.19. The van der Waals surface area contributed by atoms with Gasteiger partial charge in [0.25, 0.3) is 0 Å². The van der Waals surface area contributed by atoms with Crippen molar-refractivity contribution in [3.63, 3.8) is 0 Å². The van der Waals surface area contributed by atoms with Gasteiger partial charge in [0.1, 0.15) is 5.82 Å². The lowest BCUT2D eigenvalue weighted by Gasteiger charge is -2.04. The van der Waals surface area contributed by atoms with E-state index in [4.69, 9.17) is 5.84 Å². The Labute approximate surface area is 105 Å². The molecule has 18 heavy (non-hydrogen) atoms. The molecule has 0 saturated heterocycles. The van der Waals surface area contributed by atoms with E-state index in [0.29, 0.717) is 6.54 Å². The van der Waals surface area contributed by atoms with Crippen LogP contribution in [0.2, 0.25) is 0 Å². The van der Waals surface area contributed by atoms with Gasteiger partial charge in [0.15, 0.2) is 0 Å². The maximum absolute atomic E-state index is 10.9. The Balaban J connectivity index is 2.08. The summed E-state index contributed by atoms with van der Waals surface area (Å²) in [5.74, 6) is 5.96. The minimum Gasteiger partial charge on any atom is -0.337 e. The summed E-state index contributed by atoms with van der Waals surface area (Å²) in [5, 5.41) is 2.64. The molecule has 1 aromatic carbocycles. The molecule has 2 amide bonds. The third-order valence-electron chi connectivity index (χ3n) is 3.00. The molecule has 4 N–H and O–H groups in total. The second kappa shape index (κ2) is 5.05. The smallest absolute Gasteiger partial charge is 0.328 e. The molecule has 2 aromatic rings. The average molecular weight is 247 g/mol. The Morgan fingerprint density at radius 1 is 1.50 bits per heavy atom. The van der Waals surface area contributed by atoms with Crippen molar-refractivity contribution in [3.05, 3.63) is 29.6 Å². The van der Waals surface area contributed by atoms with Crippen LogP contribution in [0.15, 0.2) is 18.2 Å². The number of imidazole rings is 1. The van der Waals surface area contributed by atoms with E-state index < -0.39 is 0 Å². The minimum atomic E-state index is -0.371. The molecular formula is C12H17N5O. The van der Waals surface area contributed by atoms with Crippen LogP contribution < -0.4 is 16.6 Å². The van der Waals surface area contributed by atoms with Gasteiger partial charge in [-0.1, -0.05) is 6.07 Å². The summed E-state index contributed by atoms with van der Waals surface area (Å²) in [4.78, 5) is 15.4. The van der Waals surface area contributed by atoms with Crippen LogP contribution in [0, 0.1) is 6.92 Å². The zero-order valence-electron chi connectivity index (χ0n) is 10.5. The van der Waals surface area contributed by atoms with E-state index in [1.807, 2.05) is 37.6 Å². The average Bonchev–Trinajstić information content (AvgIpc) is 2.64. The van der Waals surface area contributed by atoms with Gasteiger partial charge in [0, 0.05) is 13.6 Å². The van der Waals surface area contributed by atoms with Crippen LogP contribution in [0.5, 0.6) is 0 Å². The molecule has 0 radical (unpaired) electrons. The molecule has 0 saturated carbocycles. The number of rotatable bonds is 3. The van der Waals surface area contributed by atoms with Crippen LogP contribution in [0.3, 0.4) is 0 Å². The van der Waals surface area contributed by atoms with Gasteiger partial charge in [-0.2, -0.15) is 0 Å². The molecule has 96 valence electrons. The third-order valence-corrected chi connectivity index (χ3v) is 3.00. The highest BCUT2D eigenvalue weighted by Crippen LogP contribution is 2.16. The molecule has 0 aliphatic heterocycles. The summed E-state index contributed by atoms with van der Waals surface area (Å²) >= 11 is 0. The second-order valence-electron chi connectivity index (χ2n) is 4.19. The van der Waals surface area contributed by atoms with E-state index in [2.05, 4.69) is 14.9 Å². The predicted molar refractivity (Wildman–Crippen MR) is 69.9 cm³/mol. The van der Waals surface area contributed by atoms with Gasteiger partial charge in [-0.05, 0) is 31.0 Å². The van der Waals surface area contributed by atoms with E-state index in [1.54, 1.807) is 0 Å². The van der Waals surface area contributed by atoms with Crippen molar-refractivity contribution in [2.24, 2.45) is 12.9 Å². The number of benzene rings is 1. The number of aromatic nitrogens is 2. The Morgan fingerprint density at radius 3 is 3.00 bits per heavy atom. The van der Waals surface area contributed by atoms with Crippen LogP contribution in [-0.4, -0.2) is 22.1 Å². The Bertz CT molecular complexity index is 575. The third kappa shape index (κ3) is 2.43. The number of hydrogen-bond acceptors (Lipinski definition) is 3. The van der Waals surface area contributed by atoms with Crippen LogP contribution in [-0.2, 0) is 13.5 Å². The van der Waals surface area contributed by atoms with E-state index in [9.17, 15) is 4.79 Å². The van der Waals surface area contributed by atoms with Crippen LogP contribution in [0.1, 0.15) is 11.4 Å². The molecule has 1 heterocycles. The number of carbonyl (C=O) groups is 1. The summed E-state index contributed by atoms with van der Waals surface area (Å²) in [6.07, 6.45) is 0.749. The van der Waals surface area contributed by atoms with E-state index in [1.165, 1.54) is 0 Å². The quantitative estimate of drug-likeness (QED) is 0.422. The number of carbonyl (C=O) groups excluding carboxylic acids is 1. The summed E-state index contributed by atoms with van der Waals surface area (Å²) < 4.78 is 2.05.